The molecule has 0 saturated carbocycles. The normalized spacial score (nSPS) is 11.0. The van der Waals surface area contributed by atoms with E-state index in [0.717, 1.165) is 44.8 Å². The summed E-state index contributed by atoms with van der Waals surface area (Å²) < 4.78 is 0. The van der Waals surface area contributed by atoms with Crippen LogP contribution in [0.3, 0.4) is 0 Å². The molecule has 0 aliphatic heterocycles. The minimum atomic E-state index is -0.150. The smallest absolute Gasteiger partial charge is 0.251 e. The van der Waals surface area contributed by atoms with Gasteiger partial charge < -0.3 is 16.0 Å². The average Bonchev–Trinajstić information content (AvgIpc) is 3.08. The lowest BCUT2D eigenvalue weighted by Crippen LogP contribution is -2.24. The molecular formula is C23H24N6O. The van der Waals surface area contributed by atoms with Crippen molar-refractivity contribution in [1.82, 2.24) is 25.3 Å². The first-order valence-electron chi connectivity index (χ1n) is 9.79. The lowest BCUT2D eigenvalue weighted by Gasteiger charge is -2.12. The molecule has 30 heavy (non-hydrogen) atoms. The monoisotopic (exact) mass is 400 g/mol. The number of nitrogens with two attached hydrogens (primary N) is 1. The standard InChI is InChI=1S/C23H24N6O/c1-13-6-17-9-19(29-22(17)26-11-13)10-18-8-16(4-5-25-18)23(30)27-12-20-14(2)7-21(24)28-15(20)3/h4-9,11H,10,12H2,1-3H3,(H2,24,28)(H,26,29)(H,27,30). The molecule has 0 bridgehead atoms. The number of aromatic amines is 1. The van der Waals surface area contributed by atoms with E-state index in [0.29, 0.717) is 24.3 Å². The third-order valence-corrected chi connectivity index (χ3v) is 5.11. The molecule has 0 radical (unpaired) electrons. The Morgan fingerprint density at radius 2 is 1.97 bits per heavy atom. The predicted molar refractivity (Wildman–Crippen MR) is 117 cm³/mol. The third kappa shape index (κ3) is 4.15. The number of carbonyl (C=O) groups excluding carboxylic acids is 1. The number of aryl methyl sites for hydroxylation is 3. The number of H-pyrrole nitrogens is 1. The van der Waals surface area contributed by atoms with Gasteiger partial charge in [0.15, 0.2) is 0 Å². The van der Waals surface area contributed by atoms with Crippen molar-refractivity contribution >= 4 is 22.8 Å². The maximum Gasteiger partial charge on any atom is 0.251 e. The molecule has 152 valence electrons. The second-order valence-corrected chi connectivity index (χ2v) is 7.57. The molecule has 0 atom stereocenters. The fourth-order valence-corrected chi connectivity index (χ4v) is 3.61. The Morgan fingerprint density at radius 3 is 2.77 bits per heavy atom. The van der Waals surface area contributed by atoms with Crippen LogP contribution in [0.2, 0.25) is 0 Å². The second kappa shape index (κ2) is 7.94. The maximum absolute atomic E-state index is 12.7. The molecule has 4 N–H and O–H groups in total. The SMILES string of the molecule is Cc1cnc2[nH]c(Cc3cc(C(=O)NCc4c(C)cc(N)nc4C)ccn3)cc2c1. The van der Waals surface area contributed by atoms with Crippen molar-refractivity contribution in [3.8, 4) is 0 Å². The van der Waals surface area contributed by atoms with Gasteiger partial charge in [-0.25, -0.2) is 9.97 Å². The van der Waals surface area contributed by atoms with Gasteiger partial charge >= 0.3 is 0 Å². The number of nitrogen functional groups attached to an aromatic ring is 1. The highest BCUT2D eigenvalue weighted by Gasteiger charge is 2.11. The number of nitrogens with one attached hydrogen (secondary N) is 2. The number of hydrogen-bond acceptors (Lipinski definition) is 5. The molecule has 4 aromatic heterocycles. The zero-order valence-corrected chi connectivity index (χ0v) is 17.3. The summed E-state index contributed by atoms with van der Waals surface area (Å²) in [6, 6.07) is 9.52. The highest BCUT2D eigenvalue weighted by molar-refractivity contribution is 5.94. The van der Waals surface area contributed by atoms with Gasteiger partial charge in [0.25, 0.3) is 5.91 Å². The van der Waals surface area contributed by atoms with E-state index in [-0.39, 0.29) is 5.91 Å². The Kier molecular flexibility index (Phi) is 5.18. The van der Waals surface area contributed by atoms with E-state index in [1.54, 1.807) is 12.3 Å². The summed E-state index contributed by atoms with van der Waals surface area (Å²) in [5.74, 6) is 0.337. The molecule has 7 nitrogen and oxygen atoms in total. The molecule has 1 amide bonds. The van der Waals surface area contributed by atoms with Gasteiger partial charge in [-0.1, -0.05) is 0 Å². The van der Waals surface area contributed by atoms with Crippen molar-refractivity contribution in [3.05, 3.63) is 82.1 Å². The number of aromatic nitrogens is 4. The highest BCUT2D eigenvalue weighted by Crippen LogP contribution is 2.17. The van der Waals surface area contributed by atoms with E-state index in [2.05, 4.69) is 37.4 Å². The largest absolute Gasteiger partial charge is 0.384 e. The van der Waals surface area contributed by atoms with Crippen LogP contribution in [0.1, 0.15) is 44.1 Å². The molecule has 0 fully saturated rings. The van der Waals surface area contributed by atoms with Crippen LogP contribution in [0.4, 0.5) is 5.82 Å². The van der Waals surface area contributed by atoms with Crippen molar-refractivity contribution < 1.29 is 4.79 Å². The van der Waals surface area contributed by atoms with Crippen LogP contribution in [0.15, 0.2) is 42.7 Å². The second-order valence-electron chi connectivity index (χ2n) is 7.57. The summed E-state index contributed by atoms with van der Waals surface area (Å²) in [5, 5.41) is 4.04. The van der Waals surface area contributed by atoms with Crippen molar-refractivity contribution in [2.45, 2.75) is 33.7 Å². The molecule has 4 rings (SSSR count). The van der Waals surface area contributed by atoms with E-state index in [1.807, 2.05) is 39.1 Å². The topological polar surface area (TPSA) is 110 Å². The summed E-state index contributed by atoms with van der Waals surface area (Å²) in [6.45, 7) is 6.28. The van der Waals surface area contributed by atoms with E-state index in [9.17, 15) is 4.79 Å². The summed E-state index contributed by atoms with van der Waals surface area (Å²) in [6.07, 6.45) is 4.10. The van der Waals surface area contributed by atoms with E-state index < -0.39 is 0 Å². The Morgan fingerprint density at radius 1 is 1.13 bits per heavy atom. The maximum atomic E-state index is 12.7. The van der Waals surface area contributed by atoms with Crippen LogP contribution in [0.5, 0.6) is 0 Å². The first kappa shape index (κ1) is 19.6. The number of rotatable bonds is 5. The number of pyridine rings is 3. The Hall–Kier alpha value is -3.74. The van der Waals surface area contributed by atoms with Gasteiger partial charge in [-0.15, -0.1) is 0 Å². The van der Waals surface area contributed by atoms with Crippen LogP contribution >= 0.6 is 0 Å². The van der Waals surface area contributed by atoms with Gasteiger partial charge in [-0.3, -0.25) is 9.78 Å². The Bertz CT molecular complexity index is 1220. The van der Waals surface area contributed by atoms with E-state index in [1.165, 1.54) is 0 Å². The van der Waals surface area contributed by atoms with Crippen molar-refractivity contribution in [1.29, 1.82) is 0 Å². The van der Waals surface area contributed by atoms with Crippen LogP contribution in [-0.2, 0) is 13.0 Å². The molecule has 0 aliphatic rings. The van der Waals surface area contributed by atoms with Crippen LogP contribution in [-0.4, -0.2) is 25.8 Å². The first-order chi connectivity index (χ1) is 14.4. The summed E-state index contributed by atoms with van der Waals surface area (Å²) in [5.41, 5.74) is 13.0. The quantitative estimate of drug-likeness (QED) is 0.476. The predicted octanol–water partition coefficient (Wildman–Crippen LogP) is 3.38. The summed E-state index contributed by atoms with van der Waals surface area (Å²) in [4.78, 5) is 29.1. The minimum Gasteiger partial charge on any atom is -0.384 e. The number of amides is 1. The number of nitrogens with zero attached hydrogens (tertiary/aromatic N) is 3. The number of carbonyl (C=O) groups is 1. The number of hydrogen-bond donors (Lipinski definition) is 3. The fraction of sp³-hybridized carbons (Fsp3) is 0.217. The zero-order valence-electron chi connectivity index (χ0n) is 17.3. The summed E-state index contributed by atoms with van der Waals surface area (Å²) >= 11 is 0. The van der Waals surface area contributed by atoms with Gasteiger partial charge in [0.2, 0.25) is 0 Å². The minimum absolute atomic E-state index is 0.150. The van der Waals surface area contributed by atoms with Crippen molar-refractivity contribution in [2.75, 3.05) is 5.73 Å². The van der Waals surface area contributed by atoms with Crippen LogP contribution < -0.4 is 11.1 Å². The number of anilines is 1. The zero-order chi connectivity index (χ0) is 21.3. The average molecular weight is 400 g/mol. The molecule has 0 unspecified atom stereocenters. The van der Waals surface area contributed by atoms with E-state index >= 15 is 0 Å². The first-order valence-corrected chi connectivity index (χ1v) is 9.79. The third-order valence-electron chi connectivity index (χ3n) is 5.11. The molecule has 4 heterocycles. The number of fused-ring (bicyclic) bond motifs is 1. The van der Waals surface area contributed by atoms with Crippen LogP contribution in [0.25, 0.3) is 11.0 Å². The van der Waals surface area contributed by atoms with Gasteiger partial charge in [0.05, 0.1) is 0 Å². The molecular weight excluding hydrogens is 376 g/mol. The van der Waals surface area contributed by atoms with Crippen molar-refractivity contribution in [2.24, 2.45) is 0 Å². The van der Waals surface area contributed by atoms with E-state index in [4.69, 9.17) is 5.73 Å². The molecule has 0 saturated heterocycles. The molecule has 0 aliphatic carbocycles. The Labute approximate surface area is 174 Å². The summed E-state index contributed by atoms with van der Waals surface area (Å²) in [7, 11) is 0. The molecule has 4 aromatic rings. The lowest BCUT2D eigenvalue weighted by atomic mass is 10.1. The highest BCUT2D eigenvalue weighted by atomic mass is 16.1. The fourth-order valence-electron chi connectivity index (χ4n) is 3.61. The van der Waals surface area contributed by atoms with Crippen molar-refractivity contribution in [3.63, 3.8) is 0 Å². The van der Waals surface area contributed by atoms with Gasteiger partial charge in [0.1, 0.15) is 11.5 Å². The molecule has 7 heteroatoms. The lowest BCUT2D eigenvalue weighted by molar-refractivity contribution is 0.0950. The molecule has 0 spiro atoms. The van der Waals surface area contributed by atoms with Gasteiger partial charge in [-0.2, -0.15) is 0 Å². The van der Waals surface area contributed by atoms with Crippen LogP contribution in [0, 0.1) is 20.8 Å². The van der Waals surface area contributed by atoms with Gasteiger partial charge in [0, 0.05) is 53.4 Å². The Balaban J connectivity index is 1.47. The van der Waals surface area contributed by atoms with Gasteiger partial charge in [-0.05, 0) is 67.8 Å². The molecule has 0 aromatic carbocycles.